The zero-order valence-corrected chi connectivity index (χ0v) is 19.3. The Labute approximate surface area is 193 Å². The monoisotopic (exact) mass is 471 g/mol. The summed E-state index contributed by atoms with van der Waals surface area (Å²) in [6.45, 7) is 4.07. The number of carbonyl (C=O) groups excluding carboxylic acids is 1. The van der Waals surface area contributed by atoms with Crippen molar-refractivity contribution < 1.29 is 22.4 Å². The first-order valence-electron chi connectivity index (χ1n) is 11.4. The Morgan fingerprint density at radius 3 is 2.76 bits per heavy atom. The SMILES string of the molecule is NC(=O)c1cc(-c2ccc(CN3CCCOCC3)o2)cc2c(C3CCS(=O)(=O)CC3)c[nH]c12. The smallest absolute Gasteiger partial charge is 0.250 e. The number of nitrogens with two attached hydrogens (primary N) is 1. The van der Waals surface area contributed by atoms with Crippen molar-refractivity contribution in [3.8, 4) is 11.3 Å². The molecule has 0 spiro atoms. The minimum Gasteiger partial charge on any atom is -0.460 e. The van der Waals surface area contributed by atoms with Gasteiger partial charge in [0.05, 0.1) is 35.7 Å². The van der Waals surface area contributed by atoms with Crippen LogP contribution in [0.4, 0.5) is 0 Å². The number of hydrogen-bond donors (Lipinski definition) is 2. The van der Waals surface area contributed by atoms with E-state index in [0.717, 1.165) is 55.0 Å². The maximum Gasteiger partial charge on any atom is 0.250 e. The van der Waals surface area contributed by atoms with Gasteiger partial charge in [0.2, 0.25) is 0 Å². The number of furan rings is 1. The molecule has 33 heavy (non-hydrogen) atoms. The van der Waals surface area contributed by atoms with Crippen LogP contribution in [-0.2, 0) is 21.1 Å². The number of fused-ring (bicyclic) bond motifs is 1. The Balaban J connectivity index is 1.47. The first-order valence-corrected chi connectivity index (χ1v) is 13.3. The summed E-state index contributed by atoms with van der Waals surface area (Å²) in [6, 6.07) is 7.67. The van der Waals surface area contributed by atoms with Gasteiger partial charge in [0, 0.05) is 36.8 Å². The Hall–Kier alpha value is -2.62. The summed E-state index contributed by atoms with van der Waals surface area (Å²) in [6.07, 6.45) is 4.05. The lowest BCUT2D eigenvalue weighted by Crippen LogP contribution is -2.25. The average molecular weight is 472 g/mol. The molecule has 2 aromatic heterocycles. The standard InChI is InChI=1S/C24H29N3O5S/c25-24(28)20-13-17(22-3-2-18(32-22)15-27-6-1-8-31-9-7-27)12-19-21(14-26-23(19)20)16-4-10-33(29,30)11-5-16/h2-3,12-14,16,26H,1,4-11,15H2,(H2,25,28). The molecule has 1 aromatic carbocycles. The third-order valence-electron chi connectivity index (χ3n) is 6.72. The van der Waals surface area contributed by atoms with Crippen LogP contribution in [0.15, 0.2) is 34.9 Å². The molecule has 2 fully saturated rings. The van der Waals surface area contributed by atoms with Gasteiger partial charge in [-0.1, -0.05) is 0 Å². The first kappa shape index (κ1) is 22.2. The molecule has 0 bridgehead atoms. The average Bonchev–Trinajstić information content (AvgIpc) is 3.34. The number of H-pyrrole nitrogens is 1. The number of primary amides is 1. The molecule has 0 saturated carbocycles. The molecule has 0 radical (unpaired) electrons. The van der Waals surface area contributed by atoms with Crippen molar-refractivity contribution in [2.75, 3.05) is 37.8 Å². The van der Waals surface area contributed by atoms with Gasteiger partial charge in [-0.2, -0.15) is 0 Å². The Morgan fingerprint density at radius 1 is 1.15 bits per heavy atom. The molecular formula is C24H29N3O5S. The lowest BCUT2D eigenvalue weighted by molar-refractivity contribution is 0.100. The van der Waals surface area contributed by atoms with E-state index < -0.39 is 15.7 Å². The van der Waals surface area contributed by atoms with Crippen LogP contribution in [0.1, 0.15) is 46.9 Å². The minimum absolute atomic E-state index is 0.121. The molecule has 9 heteroatoms. The number of nitrogens with one attached hydrogen (secondary N) is 1. The largest absolute Gasteiger partial charge is 0.460 e. The number of hydrogen-bond acceptors (Lipinski definition) is 6. The van der Waals surface area contributed by atoms with Gasteiger partial charge in [-0.05, 0) is 55.0 Å². The summed E-state index contributed by atoms with van der Waals surface area (Å²) >= 11 is 0. The normalized spacial score (nSPS) is 20.1. The van der Waals surface area contributed by atoms with E-state index in [0.29, 0.717) is 36.2 Å². The number of benzene rings is 1. The Morgan fingerprint density at radius 2 is 1.97 bits per heavy atom. The highest BCUT2D eigenvalue weighted by Gasteiger charge is 2.27. The van der Waals surface area contributed by atoms with Crippen molar-refractivity contribution in [3.05, 3.63) is 47.3 Å². The van der Waals surface area contributed by atoms with E-state index >= 15 is 0 Å². The second kappa shape index (κ2) is 8.96. The van der Waals surface area contributed by atoms with Crippen LogP contribution in [0.2, 0.25) is 0 Å². The summed E-state index contributed by atoms with van der Waals surface area (Å²) in [5, 5.41) is 0.896. The van der Waals surface area contributed by atoms with E-state index in [9.17, 15) is 13.2 Å². The molecule has 8 nitrogen and oxygen atoms in total. The third kappa shape index (κ3) is 4.71. The summed E-state index contributed by atoms with van der Waals surface area (Å²) in [7, 11) is -2.96. The zero-order chi connectivity index (χ0) is 23.0. The maximum absolute atomic E-state index is 12.2. The van der Waals surface area contributed by atoms with Gasteiger partial charge >= 0.3 is 0 Å². The number of rotatable bonds is 5. The Kier molecular flexibility index (Phi) is 6.03. The topological polar surface area (TPSA) is 119 Å². The van der Waals surface area contributed by atoms with E-state index in [1.807, 2.05) is 24.4 Å². The predicted molar refractivity (Wildman–Crippen MR) is 126 cm³/mol. The van der Waals surface area contributed by atoms with Gasteiger partial charge in [-0.3, -0.25) is 9.69 Å². The third-order valence-corrected chi connectivity index (χ3v) is 8.44. The second-order valence-corrected chi connectivity index (χ2v) is 11.3. The molecule has 0 aliphatic carbocycles. The first-order chi connectivity index (χ1) is 15.9. The highest BCUT2D eigenvalue weighted by atomic mass is 32.2. The number of sulfone groups is 1. The molecule has 2 saturated heterocycles. The van der Waals surface area contributed by atoms with Crippen molar-refractivity contribution in [3.63, 3.8) is 0 Å². The molecule has 2 aliphatic rings. The highest BCUT2D eigenvalue weighted by Crippen LogP contribution is 2.37. The number of aromatic nitrogens is 1. The van der Waals surface area contributed by atoms with Crippen molar-refractivity contribution in [1.82, 2.24) is 9.88 Å². The van der Waals surface area contributed by atoms with Crippen molar-refractivity contribution in [2.45, 2.75) is 31.7 Å². The van der Waals surface area contributed by atoms with Crippen molar-refractivity contribution in [2.24, 2.45) is 5.73 Å². The fraction of sp³-hybridized carbons (Fsp3) is 0.458. The summed E-state index contributed by atoms with van der Waals surface area (Å²) < 4.78 is 35.5. The molecule has 176 valence electrons. The quantitative estimate of drug-likeness (QED) is 0.590. The number of aromatic amines is 1. The minimum atomic E-state index is -2.96. The van der Waals surface area contributed by atoms with Gasteiger partial charge < -0.3 is 19.9 Å². The van der Waals surface area contributed by atoms with Crippen molar-refractivity contribution in [1.29, 1.82) is 0 Å². The molecule has 1 amide bonds. The van der Waals surface area contributed by atoms with Crippen LogP contribution in [0.25, 0.3) is 22.2 Å². The highest BCUT2D eigenvalue weighted by molar-refractivity contribution is 7.91. The second-order valence-electron chi connectivity index (χ2n) is 8.99. The summed E-state index contributed by atoms with van der Waals surface area (Å²) in [4.78, 5) is 17.8. The van der Waals surface area contributed by atoms with Crippen LogP contribution in [0, 0.1) is 0 Å². The predicted octanol–water partition coefficient (Wildman–Crippen LogP) is 3.04. The van der Waals surface area contributed by atoms with Crippen LogP contribution >= 0.6 is 0 Å². The molecule has 3 aromatic rings. The molecule has 5 rings (SSSR count). The lowest BCUT2D eigenvalue weighted by atomic mass is 9.91. The maximum atomic E-state index is 12.2. The summed E-state index contributed by atoms with van der Waals surface area (Å²) in [5.74, 6) is 1.53. The molecule has 3 N–H and O–H groups in total. The van der Waals surface area contributed by atoms with E-state index in [1.54, 1.807) is 6.07 Å². The van der Waals surface area contributed by atoms with Crippen LogP contribution in [-0.4, -0.2) is 62.0 Å². The van der Waals surface area contributed by atoms with Crippen LogP contribution in [0.3, 0.4) is 0 Å². The van der Waals surface area contributed by atoms with Gasteiger partial charge in [-0.25, -0.2) is 8.42 Å². The van der Waals surface area contributed by atoms with Crippen molar-refractivity contribution >= 4 is 26.6 Å². The number of ether oxygens (including phenoxy) is 1. The Bertz CT molecular complexity index is 1250. The number of nitrogens with zero attached hydrogens (tertiary/aromatic N) is 1. The van der Waals surface area contributed by atoms with Gasteiger partial charge in [0.15, 0.2) is 0 Å². The molecule has 0 atom stereocenters. The zero-order valence-electron chi connectivity index (χ0n) is 18.5. The lowest BCUT2D eigenvalue weighted by Gasteiger charge is -2.21. The van der Waals surface area contributed by atoms with E-state index in [-0.39, 0.29) is 17.4 Å². The molecule has 4 heterocycles. The molecular weight excluding hydrogens is 442 g/mol. The molecule has 0 unspecified atom stereocenters. The van der Waals surface area contributed by atoms with Gasteiger partial charge in [0.25, 0.3) is 5.91 Å². The fourth-order valence-electron chi connectivity index (χ4n) is 4.92. The van der Waals surface area contributed by atoms with Gasteiger partial charge in [0.1, 0.15) is 21.4 Å². The number of amides is 1. The number of carbonyl (C=O) groups is 1. The van der Waals surface area contributed by atoms with E-state index in [1.165, 1.54) is 0 Å². The summed E-state index contributed by atoms with van der Waals surface area (Å²) in [5.41, 5.74) is 8.61. The molecule has 2 aliphatic heterocycles. The van der Waals surface area contributed by atoms with Crippen LogP contribution in [0.5, 0.6) is 0 Å². The van der Waals surface area contributed by atoms with Crippen LogP contribution < -0.4 is 5.73 Å². The van der Waals surface area contributed by atoms with E-state index in [4.69, 9.17) is 14.9 Å². The fourth-order valence-corrected chi connectivity index (χ4v) is 6.41. The van der Waals surface area contributed by atoms with E-state index in [2.05, 4.69) is 9.88 Å². The van der Waals surface area contributed by atoms with Gasteiger partial charge in [-0.15, -0.1) is 0 Å².